The number of nitrogens with zero attached hydrogens (tertiary/aromatic N) is 1. The molecule has 0 aliphatic carbocycles. The van der Waals surface area contributed by atoms with Crippen molar-refractivity contribution in [3.05, 3.63) is 63.5 Å². The zero-order chi connectivity index (χ0) is 22.4. The third kappa shape index (κ3) is 5.59. The molecule has 0 radical (unpaired) electrons. The third-order valence-electron chi connectivity index (χ3n) is 5.11. The van der Waals surface area contributed by atoms with E-state index in [1.807, 2.05) is 41.8 Å². The molecule has 0 fully saturated rings. The Hall–Kier alpha value is -2.97. The summed E-state index contributed by atoms with van der Waals surface area (Å²) in [5.74, 6) is -1.99. The number of esters is 1. The Labute approximate surface area is 185 Å². The first kappa shape index (κ1) is 22.7. The molecule has 1 aromatic heterocycles. The summed E-state index contributed by atoms with van der Waals surface area (Å²) in [6, 6.07) is 10.2. The standard InChI is InChI=1S/C23H26N2O5S/c1-3-30-23(29)18(10-9-16-7-5-4-6-8-16)24-15(2)21(26)25-14-17-11-12-31-20(17)13-19(25)22(27)28/h4-8,11-13,15,18,24H,3,9-10,14H2,1-2H3,(H,27,28)/t15-,18?/m0/s1. The van der Waals surface area contributed by atoms with Gasteiger partial charge < -0.3 is 14.7 Å². The van der Waals surface area contributed by atoms with E-state index in [4.69, 9.17) is 4.74 Å². The van der Waals surface area contributed by atoms with E-state index in [1.54, 1.807) is 13.8 Å². The maximum absolute atomic E-state index is 13.1. The van der Waals surface area contributed by atoms with E-state index in [9.17, 15) is 19.5 Å². The van der Waals surface area contributed by atoms with Gasteiger partial charge in [0.1, 0.15) is 11.7 Å². The summed E-state index contributed by atoms with van der Waals surface area (Å²) in [6.45, 7) is 3.80. The van der Waals surface area contributed by atoms with E-state index < -0.39 is 29.9 Å². The van der Waals surface area contributed by atoms with E-state index in [-0.39, 0.29) is 18.8 Å². The fourth-order valence-corrected chi connectivity index (χ4v) is 4.35. The van der Waals surface area contributed by atoms with Crippen molar-refractivity contribution in [2.75, 3.05) is 6.61 Å². The normalized spacial score (nSPS) is 14.9. The van der Waals surface area contributed by atoms with Crippen LogP contribution >= 0.6 is 11.3 Å². The highest BCUT2D eigenvalue weighted by atomic mass is 32.1. The second-order valence-corrected chi connectivity index (χ2v) is 8.23. The van der Waals surface area contributed by atoms with Gasteiger partial charge in [-0.25, -0.2) is 4.79 Å². The lowest BCUT2D eigenvalue weighted by Crippen LogP contribution is -2.51. The Bertz CT molecular complexity index is 969. The number of nitrogens with one attached hydrogen (secondary N) is 1. The molecule has 2 aromatic rings. The monoisotopic (exact) mass is 442 g/mol. The molecule has 0 bridgehead atoms. The summed E-state index contributed by atoms with van der Waals surface area (Å²) < 4.78 is 5.18. The SMILES string of the molecule is CCOC(=O)C(CCc1ccccc1)N[C@@H](C)C(=O)N1Cc2ccsc2C=C1C(=O)O. The molecular weight excluding hydrogens is 416 g/mol. The minimum absolute atomic E-state index is 0.0643. The van der Waals surface area contributed by atoms with E-state index in [0.29, 0.717) is 12.8 Å². The lowest BCUT2D eigenvalue weighted by Gasteiger charge is -2.30. The summed E-state index contributed by atoms with van der Waals surface area (Å²) in [5, 5.41) is 14.5. The van der Waals surface area contributed by atoms with Crippen molar-refractivity contribution in [3.8, 4) is 0 Å². The first-order valence-electron chi connectivity index (χ1n) is 10.2. The van der Waals surface area contributed by atoms with Gasteiger partial charge in [0.25, 0.3) is 0 Å². The van der Waals surface area contributed by atoms with Gasteiger partial charge in [0.15, 0.2) is 0 Å². The number of aliphatic carboxylic acids is 1. The Balaban J connectivity index is 1.72. The number of carboxylic acid groups (broad SMARTS) is 1. The fourth-order valence-electron chi connectivity index (χ4n) is 3.51. The second kappa shape index (κ2) is 10.4. The summed E-state index contributed by atoms with van der Waals surface area (Å²) in [5.41, 5.74) is 1.92. The van der Waals surface area contributed by atoms with Crippen LogP contribution in [-0.4, -0.2) is 46.5 Å². The molecule has 7 nitrogen and oxygen atoms in total. The van der Waals surface area contributed by atoms with Crippen LogP contribution < -0.4 is 5.32 Å². The molecule has 31 heavy (non-hydrogen) atoms. The van der Waals surface area contributed by atoms with Crippen molar-refractivity contribution in [1.82, 2.24) is 10.2 Å². The Morgan fingerprint density at radius 2 is 1.97 bits per heavy atom. The van der Waals surface area contributed by atoms with Crippen LogP contribution in [0.5, 0.6) is 0 Å². The first-order valence-corrected chi connectivity index (χ1v) is 11.1. The van der Waals surface area contributed by atoms with Gasteiger partial charge in [-0.2, -0.15) is 0 Å². The Kier molecular flexibility index (Phi) is 7.59. The topological polar surface area (TPSA) is 95.9 Å². The number of hydrogen-bond donors (Lipinski definition) is 2. The van der Waals surface area contributed by atoms with Gasteiger partial charge in [0, 0.05) is 4.88 Å². The van der Waals surface area contributed by atoms with Crippen LogP contribution in [-0.2, 0) is 32.1 Å². The maximum atomic E-state index is 13.1. The summed E-state index contributed by atoms with van der Waals surface area (Å²) in [6.07, 6.45) is 2.62. The Morgan fingerprint density at radius 3 is 2.65 bits per heavy atom. The number of thiophene rings is 1. The molecule has 1 aliphatic heterocycles. The molecule has 1 unspecified atom stereocenters. The molecule has 2 atom stereocenters. The molecule has 8 heteroatoms. The lowest BCUT2D eigenvalue weighted by atomic mass is 10.0. The number of aryl methyl sites for hydroxylation is 1. The Morgan fingerprint density at radius 1 is 1.23 bits per heavy atom. The number of carbonyl (C=O) groups excluding carboxylic acids is 2. The number of ether oxygens (including phenoxy) is 1. The zero-order valence-corrected chi connectivity index (χ0v) is 18.4. The smallest absolute Gasteiger partial charge is 0.352 e. The van der Waals surface area contributed by atoms with Gasteiger partial charge in [-0.1, -0.05) is 30.3 Å². The number of amides is 1. The van der Waals surface area contributed by atoms with Crippen LogP contribution in [0.25, 0.3) is 6.08 Å². The van der Waals surface area contributed by atoms with E-state index in [2.05, 4.69) is 5.32 Å². The average Bonchev–Trinajstić information content (AvgIpc) is 3.23. The molecule has 2 heterocycles. The van der Waals surface area contributed by atoms with Gasteiger partial charge in [-0.15, -0.1) is 11.3 Å². The molecule has 1 aliphatic rings. The van der Waals surface area contributed by atoms with E-state index in [1.165, 1.54) is 22.3 Å². The predicted octanol–water partition coefficient (Wildman–Crippen LogP) is 3.06. The summed E-state index contributed by atoms with van der Waals surface area (Å²) in [7, 11) is 0. The largest absolute Gasteiger partial charge is 0.477 e. The van der Waals surface area contributed by atoms with Crippen LogP contribution in [0.2, 0.25) is 0 Å². The van der Waals surface area contributed by atoms with Crippen molar-refractivity contribution >= 4 is 35.3 Å². The lowest BCUT2D eigenvalue weighted by molar-refractivity contribution is -0.147. The number of fused-ring (bicyclic) bond motifs is 1. The van der Waals surface area contributed by atoms with Crippen molar-refractivity contribution in [2.24, 2.45) is 0 Å². The molecule has 0 spiro atoms. The van der Waals surface area contributed by atoms with Crippen molar-refractivity contribution in [3.63, 3.8) is 0 Å². The van der Waals surface area contributed by atoms with Gasteiger partial charge in [-0.05, 0) is 55.3 Å². The second-order valence-electron chi connectivity index (χ2n) is 7.29. The van der Waals surface area contributed by atoms with Crippen LogP contribution in [0.15, 0.2) is 47.5 Å². The number of rotatable bonds is 9. The molecule has 0 saturated heterocycles. The molecule has 1 aromatic carbocycles. The number of hydrogen-bond acceptors (Lipinski definition) is 6. The highest BCUT2D eigenvalue weighted by Gasteiger charge is 2.33. The van der Waals surface area contributed by atoms with Gasteiger partial charge in [0.05, 0.1) is 19.2 Å². The average molecular weight is 443 g/mol. The van der Waals surface area contributed by atoms with Crippen LogP contribution in [0.1, 0.15) is 36.3 Å². The fraction of sp³-hybridized carbons (Fsp3) is 0.348. The number of carbonyl (C=O) groups is 3. The van der Waals surface area contributed by atoms with Gasteiger partial charge in [-0.3, -0.25) is 14.9 Å². The van der Waals surface area contributed by atoms with Crippen molar-refractivity contribution < 1.29 is 24.2 Å². The van der Waals surface area contributed by atoms with Crippen molar-refractivity contribution in [2.45, 2.75) is 45.3 Å². The molecule has 3 rings (SSSR count). The zero-order valence-electron chi connectivity index (χ0n) is 17.5. The molecule has 1 amide bonds. The highest BCUT2D eigenvalue weighted by Crippen LogP contribution is 2.29. The minimum Gasteiger partial charge on any atom is -0.477 e. The molecule has 0 saturated carbocycles. The maximum Gasteiger partial charge on any atom is 0.352 e. The highest BCUT2D eigenvalue weighted by molar-refractivity contribution is 7.11. The van der Waals surface area contributed by atoms with Crippen LogP contribution in [0.4, 0.5) is 0 Å². The van der Waals surface area contributed by atoms with Crippen LogP contribution in [0, 0.1) is 0 Å². The first-order chi connectivity index (χ1) is 14.9. The van der Waals surface area contributed by atoms with Gasteiger partial charge >= 0.3 is 11.9 Å². The molecule has 2 N–H and O–H groups in total. The molecule has 164 valence electrons. The van der Waals surface area contributed by atoms with Crippen LogP contribution in [0.3, 0.4) is 0 Å². The van der Waals surface area contributed by atoms with E-state index >= 15 is 0 Å². The summed E-state index contributed by atoms with van der Waals surface area (Å²) >= 11 is 1.44. The number of benzene rings is 1. The molecular formula is C23H26N2O5S. The number of carboxylic acids is 1. The van der Waals surface area contributed by atoms with Crippen molar-refractivity contribution in [1.29, 1.82) is 0 Å². The van der Waals surface area contributed by atoms with Gasteiger partial charge in [0.2, 0.25) is 5.91 Å². The summed E-state index contributed by atoms with van der Waals surface area (Å²) in [4.78, 5) is 39.5. The predicted molar refractivity (Wildman–Crippen MR) is 118 cm³/mol. The van der Waals surface area contributed by atoms with E-state index in [0.717, 1.165) is 16.0 Å². The minimum atomic E-state index is -1.16. The quantitative estimate of drug-likeness (QED) is 0.580. The third-order valence-corrected chi connectivity index (χ3v) is 6.02.